The number of aromatic nitrogens is 4. The Morgan fingerprint density at radius 3 is 2.18 bits per heavy atom. The zero-order chi connectivity index (χ0) is 20.2. The second-order valence-corrected chi connectivity index (χ2v) is 4.78. The van der Waals surface area contributed by atoms with Crippen LogP contribution in [0.25, 0.3) is 0 Å². The number of hydrogen-bond acceptors (Lipinski definition) is 12. The highest BCUT2D eigenvalue weighted by Crippen LogP contribution is 1.94. The number of carbonyl (C=O) groups excluding carboxylic acids is 4. The highest BCUT2D eigenvalue weighted by molar-refractivity contribution is 6.38. The van der Waals surface area contributed by atoms with Crippen molar-refractivity contribution in [3.8, 4) is 0 Å². The van der Waals surface area contributed by atoms with Crippen LogP contribution in [-0.2, 0) is 23.9 Å². The average Bonchev–Trinajstić information content (AvgIpc) is 3.40. The summed E-state index contributed by atoms with van der Waals surface area (Å²) in [7, 11) is 0. The van der Waals surface area contributed by atoms with Crippen LogP contribution in [0.5, 0.6) is 0 Å². The molecule has 0 atom stereocenters. The average molecular weight is 393 g/mol. The number of esters is 2. The molecule has 0 saturated carbocycles. The van der Waals surface area contributed by atoms with Gasteiger partial charge in [-0.25, -0.2) is 14.6 Å². The first kappa shape index (κ1) is 20.3. The van der Waals surface area contributed by atoms with Crippen molar-refractivity contribution >= 4 is 29.6 Å². The van der Waals surface area contributed by atoms with Crippen LogP contribution in [0.1, 0.15) is 10.6 Å². The topological polar surface area (TPSA) is 202 Å². The summed E-state index contributed by atoms with van der Waals surface area (Å²) in [4.78, 5) is 49.5. The van der Waals surface area contributed by atoms with Gasteiger partial charge >= 0.3 is 11.9 Å². The van der Waals surface area contributed by atoms with Crippen molar-refractivity contribution < 1.29 is 28.7 Å². The van der Waals surface area contributed by atoms with Gasteiger partial charge in [0, 0.05) is 12.2 Å². The lowest BCUT2D eigenvalue weighted by Gasteiger charge is -2.04. The SMILES string of the molecule is O=C(/C=C/C(=O)OCCNC(=O)c1nn[nH]n1)OCCNC(=O)C1=NCN=N1. The van der Waals surface area contributed by atoms with Gasteiger partial charge in [0.15, 0.2) is 6.67 Å². The van der Waals surface area contributed by atoms with E-state index in [0.29, 0.717) is 0 Å². The molecule has 0 fully saturated rings. The van der Waals surface area contributed by atoms with Crippen molar-refractivity contribution in [3.05, 3.63) is 18.0 Å². The van der Waals surface area contributed by atoms with Gasteiger partial charge in [0.05, 0.1) is 13.1 Å². The third-order valence-corrected chi connectivity index (χ3v) is 2.82. The van der Waals surface area contributed by atoms with Gasteiger partial charge in [-0.05, 0) is 5.21 Å². The third kappa shape index (κ3) is 7.06. The summed E-state index contributed by atoms with van der Waals surface area (Å²) < 4.78 is 9.55. The maximum absolute atomic E-state index is 11.5. The van der Waals surface area contributed by atoms with Gasteiger partial charge < -0.3 is 20.1 Å². The van der Waals surface area contributed by atoms with Crippen molar-refractivity contribution in [2.45, 2.75) is 0 Å². The second kappa shape index (κ2) is 10.8. The molecule has 0 aromatic carbocycles. The lowest BCUT2D eigenvalue weighted by atomic mass is 10.5. The van der Waals surface area contributed by atoms with E-state index in [0.717, 1.165) is 12.2 Å². The maximum Gasteiger partial charge on any atom is 0.331 e. The molecule has 1 aromatic rings. The summed E-state index contributed by atoms with van der Waals surface area (Å²) in [6, 6.07) is 0. The summed E-state index contributed by atoms with van der Waals surface area (Å²) in [5, 5.41) is 24.1. The molecule has 0 saturated heterocycles. The molecule has 15 heteroatoms. The number of nitrogens with zero attached hydrogens (tertiary/aromatic N) is 6. The molecular weight excluding hydrogens is 378 g/mol. The number of H-pyrrole nitrogens is 1. The van der Waals surface area contributed by atoms with Crippen LogP contribution in [0.15, 0.2) is 27.4 Å². The lowest BCUT2D eigenvalue weighted by Crippen LogP contribution is -2.32. The number of azo groups is 1. The van der Waals surface area contributed by atoms with Crippen LogP contribution >= 0.6 is 0 Å². The van der Waals surface area contributed by atoms with Gasteiger partial charge in [-0.2, -0.15) is 10.3 Å². The molecule has 0 bridgehead atoms. The van der Waals surface area contributed by atoms with E-state index in [4.69, 9.17) is 9.47 Å². The molecule has 1 aliphatic rings. The first-order chi connectivity index (χ1) is 13.6. The van der Waals surface area contributed by atoms with Crippen LogP contribution in [0.3, 0.4) is 0 Å². The number of nitrogens with one attached hydrogen (secondary N) is 3. The molecule has 3 N–H and O–H groups in total. The fourth-order valence-electron chi connectivity index (χ4n) is 1.63. The Balaban J connectivity index is 1.52. The van der Waals surface area contributed by atoms with E-state index < -0.39 is 23.8 Å². The minimum absolute atomic E-state index is 0.0158. The minimum Gasteiger partial charge on any atom is -0.461 e. The van der Waals surface area contributed by atoms with E-state index in [-0.39, 0.29) is 44.6 Å². The van der Waals surface area contributed by atoms with Crippen LogP contribution < -0.4 is 10.6 Å². The Hall–Kier alpha value is -4.04. The van der Waals surface area contributed by atoms with Crippen LogP contribution in [-0.4, -0.2) is 83.2 Å². The molecule has 0 unspecified atom stereocenters. The van der Waals surface area contributed by atoms with E-state index in [9.17, 15) is 19.2 Å². The van der Waals surface area contributed by atoms with Gasteiger partial charge in [-0.15, -0.1) is 15.3 Å². The number of aromatic amines is 1. The molecule has 0 aliphatic carbocycles. The smallest absolute Gasteiger partial charge is 0.331 e. The maximum atomic E-state index is 11.5. The molecule has 2 amide bonds. The lowest BCUT2D eigenvalue weighted by molar-refractivity contribution is -0.140. The minimum atomic E-state index is -0.802. The number of tetrazole rings is 1. The fourth-order valence-corrected chi connectivity index (χ4v) is 1.63. The normalized spacial score (nSPS) is 12.5. The number of amides is 2. The Kier molecular flexibility index (Phi) is 7.85. The summed E-state index contributed by atoms with van der Waals surface area (Å²) in [6.45, 7) is -0.0746. The Labute approximate surface area is 156 Å². The number of carbonyl (C=O) groups is 4. The molecule has 15 nitrogen and oxygen atoms in total. The van der Waals surface area contributed by atoms with E-state index >= 15 is 0 Å². The second-order valence-electron chi connectivity index (χ2n) is 4.78. The van der Waals surface area contributed by atoms with Crippen molar-refractivity contribution in [2.75, 3.05) is 33.0 Å². The molecule has 1 aliphatic heterocycles. The first-order valence-electron chi connectivity index (χ1n) is 7.79. The van der Waals surface area contributed by atoms with Crippen molar-refractivity contribution in [1.82, 2.24) is 31.3 Å². The van der Waals surface area contributed by atoms with E-state index in [1.165, 1.54) is 0 Å². The van der Waals surface area contributed by atoms with Gasteiger partial charge in [0.1, 0.15) is 13.2 Å². The summed E-state index contributed by atoms with van der Waals surface area (Å²) in [5.74, 6) is -2.90. The fraction of sp³-hybridized carbons (Fsp3) is 0.385. The molecule has 1 aromatic heterocycles. The number of rotatable bonds is 10. The molecule has 2 rings (SSSR count). The molecule has 0 spiro atoms. The number of hydrogen-bond donors (Lipinski definition) is 3. The van der Waals surface area contributed by atoms with Crippen LogP contribution in [0.2, 0.25) is 0 Å². The molecule has 0 radical (unpaired) electrons. The van der Waals surface area contributed by atoms with Crippen LogP contribution in [0.4, 0.5) is 0 Å². The van der Waals surface area contributed by atoms with Gasteiger partial charge in [-0.3, -0.25) is 9.59 Å². The predicted octanol–water partition coefficient (Wildman–Crippen LogP) is -2.49. The molecular formula is C13H15N9O6. The zero-order valence-corrected chi connectivity index (χ0v) is 14.3. The number of ether oxygens (including phenoxy) is 2. The first-order valence-corrected chi connectivity index (χ1v) is 7.79. The summed E-state index contributed by atoms with van der Waals surface area (Å²) in [6.07, 6.45) is 1.74. The Bertz CT molecular complexity index is 801. The molecule has 2 heterocycles. The number of aliphatic imine (C=N–C) groups is 1. The molecule has 28 heavy (non-hydrogen) atoms. The van der Waals surface area contributed by atoms with Gasteiger partial charge in [0.25, 0.3) is 17.6 Å². The predicted molar refractivity (Wildman–Crippen MR) is 87.7 cm³/mol. The van der Waals surface area contributed by atoms with Crippen LogP contribution in [0, 0.1) is 0 Å². The van der Waals surface area contributed by atoms with Crippen molar-refractivity contribution in [1.29, 1.82) is 0 Å². The summed E-state index contributed by atoms with van der Waals surface area (Å²) >= 11 is 0. The van der Waals surface area contributed by atoms with E-state index in [2.05, 4.69) is 46.5 Å². The summed E-state index contributed by atoms with van der Waals surface area (Å²) in [5.41, 5.74) is 0. The zero-order valence-electron chi connectivity index (χ0n) is 14.3. The quantitative estimate of drug-likeness (QED) is 0.218. The van der Waals surface area contributed by atoms with Gasteiger partial charge in [-0.1, -0.05) is 0 Å². The van der Waals surface area contributed by atoms with E-state index in [1.807, 2.05) is 0 Å². The largest absolute Gasteiger partial charge is 0.461 e. The Morgan fingerprint density at radius 2 is 1.64 bits per heavy atom. The third-order valence-electron chi connectivity index (χ3n) is 2.82. The standard InChI is InChI=1S/C13H15N9O6/c23-8(27-5-3-14-12(25)10-16-7-17-18-10)1-2-9(24)28-6-4-15-13(26)11-19-21-22-20-11/h1-2H,3-7H2,(H,14,25)(H,15,26)(H,19,20,21,22)/b2-1+. The Morgan fingerprint density at radius 1 is 1.00 bits per heavy atom. The molecule has 148 valence electrons. The van der Waals surface area contributed by atoms with E-state index in [1.54, 1.807) is 0 Å². The van der Waals surface area contributed by atoms with Crippen molar-refractivity contribution in [2.24, 2.45) is 15.2 Å². The number of amidine groups is 1. The highest BCUT2D eigenvalue weighted by Gasteiger charge is 2.13. The monoisotopic (exact) mass is 393 g/mol. The van der Waals surface area contributed by atoms with Gasteiger partial charge in [0.2, 0.25) is 5.84 Å². The van der Waals surface area contributed by atoms with Crippen molar-refractivity contribution in [3.63, 3.8) is 0 Å². The highest BCUT2D eigenvalue weighted by atomic mass is 16.5.